The number of fused-ring (bicyclic) bond motifs is 3. The molecule has 0 amide bonds. The lowest BCUT2D eigenvalue weighted by molar-refractivity contribution is 0.222. The summed E-state index contributed by atoms with van der Waals surface area (Å²) in [6.45, 7) is 3.81. The van der Waals surface area contributed by atoms with Gasteiger partial charge >= 0.3 is 6.01 Å². The molecule has 148 valence electrons. The number of furan rings is 1. The van der Waals surface area contributed by atoms with Crippen molar-refractivity contribution in [3.8, 4) is 34.5 Å². The van der Waals surface area contributed by atoms with Crippen LogP contribution < -0.4 is 4.74 Å². The highest BCUT2D eigenvalue weighted by Gasteiger charge is 2.16. The van der Waals surface area contributed by atoms with Gasteiger partial charge in [0, 0.05) is 16.3 Å². The van der Waals surface area contributed by atoms with Gasteiger partial charge in [-0.15, -0.1) is 0 Å². The summed E-state index contributed by atoms with van der Waals surface area (Å²) in [7, 11) is 0. The van der Waals surface area contributed by atoms with Crippen LogP contribution in [0.2, 0.25) is 0 Å². The van der Waals surface area contributed by atoms with Crippen LogP contribution in [-0.4, -0.2) is 26.2 Å². The number of nitrogens with zero attached hydrogens (tertiary/aromatic N) is 3. The Hall–Kier alpha value is -3.93. The number of hydrogen-bond donors (Lipinski definition) is 1. The average molecular weight is 397 g/mol. The molecule has 30 heavy (non-hydrogen) atoms. The number of ether oxygens (including phenoxy) is 1. The summed E-state index contributed by atoms with van der Waals surface area (Å²) in [5, 5.41) is 12.4. The van der Waals surface area contributed by atoms with E-state index in [1.54, 1.807) is 18.2 Å². The number of benzene rings is 3. The largest absolute Gasteiger partial charge is 0.507 e. The minimum absolute atomic E-state index is 0.0953. The van der Waals surface area contributed by atoms with Crippen LogP contribution in [0.4, 0.5) is 0 Å². The van der Waals surface area contributed by atoms with Crippen molar-refractivity contribution >= 4 is 21.9 Å². The quantitative estimate of drug-likeness (QED) is 0.425. The summed E-state index contributed by atoms with van der Waals surface area (Å²) in [5.74, 6) is 0.887. The van der Waals surface area contributed by atoms with Gasteiger partial charge in [-0.3, -0.25) is 0 Å². The molecule has 0 radical (unpaired) electrons. The predicted octanol–water partition coefficient (Wildman–Crippen LogP) is 5.60. The summed E-state index contributed by atoms with van der Waals surface area (Å²) in [5.41, 5.74) is 2.87. The first-order valence-electron chi connectivity index (χ1n) is 9.71. The fraction of sp³-hybridized carbons (Fsp3) is 0.125. The third-order valence-corrected chi connectivity index (χ3v) is 4.74. The van der Waals surface area contributed by atoms with Gasteiger partial charge in [0.1, 0.15) is 16.9 Å². The van der Waals surface area contributed by atoms with Crippen molar-refractivity contribution in [1.29, 1.82) is 0 Å². The number of phenols is 1. The average Bonchev–Trinajstić information content (AvgIpc) is 3.11. The van der Waals surface area contributed by atoms with Gasteiger partial charge in [0.05, 0.1) is 11.7 Å². The van der Waals surface area contributed by atoms with Crippen molar-refractivity contribution in [1.82, 2.24) is 15.0 Å². The van der Waals surface area contributed by atoms with Crippen LogP contribution in [0, 0.1) is 0 Å². The maximum atomic E-state index is 10.3. The normalized spacial score (nSPS) is 11.4. The first-order valence-corrected chi connectivity index (χ1v) is 9.71. The van der Waals surface area contributed by atoms with Crippen molar-refractivity contribution in [2.75, 3.05) is 0 Å². The molecule has 3 aromatic carbocycles. The lowest BCUT2D eigenvalue weighted by atomic mass is 10.1. The monoisotopic (exact) mass is 397 g/mol. The van der Waals surface area contributed by atoms with E-state index in [0.29, 0.717) is 17.2 Å². The molecular formula is C24H19N3O3. The minimum Gasteiger partial charge on any atom is -0.507 e. The van der Waals surface area contributed by atoms with E-state index in [-0.39, 0.29) is 17.9 Å². The lowest BCUT2D eigenvalue weighted by Crippen LogP contribution is -2.10. The predicted molar refractivity (Wildman–Crippen MR) is 115 cm³/mol. The van der Waals surface area contributed by atoms with E-state index in [0.717, 1.165) is 27.5 Å². The molecule has 5 aromatic rings. The molecular weight excluding hydrogens is 378 g/mol. The highest BCUT2D eigenvalue weighted by molar-refractivity contribution is 6.05. The van der Waals surface area contributed by atoms with E-state index in [1.807, 2.05) is 62.4 Å². The molecule has 0 saturated carbocycles. The molecule has 0 spiro atoms. The molecule has 2 aromatic heterocycles. The number of aromatic nitrogens is 3. The summed E-state index contributed by atoms with van der Waals surface area (Å²) >= 11 is 0. The maximum absolute atomic E-state index is 10.3. The van der Waals surface area contributed by atoms with Crippen molar-refractivity contribution < 1.29 is 14.3 Å². The third-order valence-electron chi connectivity index (χ3n) is 4.74. The molecule has 0 bridgehead atoms. The molecule has 2 heterocycles. The zero-order chi connectivity index (χ0) is 20.7. The first-order chi connectivity index (χ1) is 14.6. The fourth-order valence-electron chi connectivity index (χ4n) is 3.40. The second-order valence-electron chi connectivity index (χ2n) is 7.26. The number of phenolic OH excluding ortho intramolecular Hbond substituents is 1. The molecule has 1 N–H and O–H groups in total. The standard InChI is InChI=1S/C24H19N3O3/c1-14(2)29-24-26-22(25-23(27-24)18-8-3-5-9-19(18)28)15-11-12-17-16-7-4-6-10-20(16)30-21(17)13-15/h3-14,28H,1-2H3. The van der Waals surface area contributed by atoms with Crippen LogP contribution in [-0.2, 0) is 0 Å². The van der Waals surface area contributed by atoms with Gasteiger partial charge in [-0.2, -0.15) is 9.97 Å². The Morgan fingerprint density at radius 1 is 0.800 bits per heavy atom. The molecule has 0 aliphatic carbocycles. The molecule has 0 saturated heterocycles. The van der Waals surface area contributed by atoms with E-state index >= 15 is 0 Å². The Labute approximate surface area is 172 Å². The van der Waals surface area contributed by atoms with Crippen molar-refractivity contribution in [2.45, 2.75) is 20.0 Å². The van der Waals surface area contributed by atoms with Crippen LogP contribution in [0.15, 0.2) is 71.1 Å². The van der Waals surface area contributed by atoms with Gasteiger partial charge in [-0.05, 0) is 44.2 Å². The SMILES string of the molecule is CC(C)Oc1nc(-c2ccc3c(c2)oc2ccccc23)nc(-c2ccccc2O)n1. The molecule has 0 aliphatic rings. The number of hydrogen-bond acceptors (Lipinski definition) is 6. The van der Waals surface area contributed by atoms with Crippen LogP contribution in [0.5, 0.6) is 11.8 Å². The third kappa shape index (κ3) is 3.22. The van der Waals surface area contributed by atoms with Gasteiger partial charge in [-0.1, -0.05) is 36.4 Å². The highest BCUT2D eigenvalue weighted by atomic mass is 16.5. The topological polar surface area (TPSA) is 81.3 Å². The second kappa shape index (κ2) is 7.15. The number of para-hydroxylation sites is 2. The zero-order valence-electron chi connectivity index (χ0n) is 16.5. The Balaban J connectivity index is 1.68. The van der Waals surface area contributed by atoms with Crippen LogP contribution in [0.1, 0.15) is 13.8 Å². The van der Waals surface area contributed by atoms with E-state index in [9.17, 15) is 5.11 Å². The van der Waals surface area contributed by atoms with Crippen LogP contribution >= 0.6 is 0 Å². The van der Waals surface area contributed by atoms with Gasteiger partial charge in [-0.25, -0.2) is 4.98 Å². The molecule has 0 unspecified atom stereocenters. The number of rotatable bonds is 4. The van der Waals surface area contributed by atoms with E-state index in [2.05, 4.69) is 15.0 Å². The lowest BCUT2D eigenvalue weighted by Gasteiger charge is -2.11. The van der Waals surface area contributed by atoms with E-state index < -0.39 is 0 Å². The molecule has 6 heteroatoms. The van der Waals surface area contributed by atoms with Gasteiger partial charge in [0.25, 0.3) is 0 Å². The molecule has 0 fully saturated rings. The van der Waals surface area contributed by atoms with Crippen LogP contribution in [0.3, 0.4) is 0 Å². The molecule has 0 aliphatic heterocycles. The minimum atomic E-state index is -0.102. The maximum Gasteiger partial charge on any atom is 0.320 e. The first kappa shape index (κ1) is 18.1. The second-order valence-corrected chi connectivity index (χ2v) is 7.26. The number of aromatic hydroxyl groups is 1. The summed E-state index contributed by atoms with van der Waals surface area (Å²) < 4.78 is 11.7. The highest BCUT2D eigenvalue weighted by Crippen LogP contribution is 2.33. The summed E-state index contributed by atoms with van der Waals surface area (Å²) in [6.07, 6.45) is -0.102. The van der Waals surface area contributed by atoms with Crippen molar-refractivity contribution in [3.05, 3.63) is 66.7 Å². The Morgan fingerprint density at radius 3 is 2.37 bits per heavy atom. The summed E-state index contributed by atoms with van der Waals surface area (Å²) in [6, 6.07) is 20.9. The molecule has 0 atom stereocenters. The molecule has 5 rings (SSSR count). The summed E-state index contributed by atoms with van der Waals surface area (Å²) in [4.78, 5) is 13.5. The van der Waals surface area contributed by atoms with Crippen LogP contribution in [0.25, 0.3) is 44.7 Å². The Morgan fingerprint density at radius 2 is 1.53 bits per heavy atom. The van der Waals surface area contributed by atoms with Gasteiger partial charge in [0.2, 0.25) is 0 Å². The van der Waals surface area contributed by atoms with Gasteiger partial charge < -0.3 is 14.3 Å². The van der Waals surface area contributed by atoms with Gasteiger partial charge in [0.15, 0.2) is 11.6 Å². The Kier molecular flexibility index (Phi) is 4.32. The Bertz CT molecular complexity index is 1380. The molecule has 6 nitrogen and oxygen atoms in total. The fourth-order valence-corrected chi connectivity index (χ4v) is 3.40. The smallest absolute Gasteiger partial charge is 0.320 e. The van der Waals surface area contributed by atoms with E-state index in [1.165, 1.54) is 0 Å². The van der Waals surface area contributed by atoms with Crippen molar-refractivity contribution in [3.63, 3.8) is 0 Å². The van der Waals surface area contributed by atoms with E-state index in [4.69, 9.17) is 9.15 Å². The zero-order valence-corrected chi connectivity index (χ0v) is 16.5. The van der Waals surface area contributed by atoms with Crippen molar-refractivity contribution in [2.24, 2.45) is 0 Å².